The Kier molecular flexibility index (Phi) is 4.74. The number of benzene rings is 1. The fourth-order valence-corrected chi connectivity index (χ4v) is 4.24. The monoisotopic (exact) mass is 386 g/mol. The lowest BCUT2D eigenvalue weighted by atomic mass is 9.80. The van der Waals surface area contributed by atoms with Crippen molar-refractivity contribution in [3.8, 4) is 0 Å². The Bertz CT molecular complexity index is 974. The lowest BCUT2D eigenvalue weighted by Crippen LogP contribution is -2.58. The number of imidazole rings is 1. The Balaban J connectivity index is 1.51. The number of aliphatic hydroxyl groups is 1. The second kappa shape index (κ2) is 7.09. The highest BCUT2D eigenvalue weighted by Crippen LogP contribution is 2.31. The molecule has 1 aromatic carbocycles. The highest BCUT2D eigenvalue weighted by atomic mass is 16.3. The van der Waals surface area contributed by atoms with E-state index in [9.17, 15) is 19.5 Å². The average molecular weight is 386 g/mol. The van der Waals surface area contributed by atoms with Gasteiger partial charge in [0.1, 0.15) is 6.10 Å². The number of carbonyl (C=O) groups excluding carboxylic acids is 2. The van der Waals surface area contributed by atoms with Crippen LogP contribution in [0.15, 0.2) is 23.0 Å². The first-order valence-corrected chi connectivity index (χ1v) is 9.84. The molecule has 2 fully saturated rings. The van der Waals surface area contributed by atoms with Crippen LogP contribution in [0.1, 0.15) is 36.5 Å². The number of aliphatic hydroxyl groups excluding tert-OH is 1. The van der Waals surface area contributed by atoms with Crippen LogP contribution < -0.4 is 5.69 Å². The predicted molar refractivity (Wildman–Crippen MR) is 104 cm³/mol. The van der Waals surface area contributed by atoms with Crippen LogP contribution >= 0.6 is 0 Å². The van der Waals surface area contributed by atoms with E-state index >= 15 is 0 Å². The largest absolute Gasteiger partial charge is 0.383 e. The summed E-state index contributed by atoms with van der Waals surface area (Å²) in [6.07, 6.45) is 1.95. The molecule has 4 rings (SSSR count). The van der Waals surface area contributed by atoms with Gasteiger partial charge in [-0.3, -0.25) is 14.2 Å². The van der Waals surface area contributed by atoms with Crippen molar-refractivity contribution >= 4 is 22.8 Å². The van der Waals surface area contributed by atoms with Crippen LogP contribution in [-0.4, -0.2) is 68.1 Å². The van der Waals surface area contributed by atoms with Gasteiger partial charge in [0.15, 0.2) is 0 Å². The minimum atomic E-state index is -0.925. The zero-order chi connectivity index (χ0) is 20.0. The molecule has 1 aliphatic heterocycles. The molecule has 2 aromatic rings. The lowest BCUT2D eigenvalue weighted by Gasteiger charge is -2.42. The molecule has 2 N–H and O–H groups in total. The maximum Gasteiger partial charge on any atom is 0.326 e. The van der Waals surface area contributed by atoms with Gasteiger partial charge < -0.3 is 19.9 Å². The summed E-state index contributed by atoms with van der Waals surface area (Å²) in [5.41, 5.74) is 1.43. The Morgan fingerprint density at radius 2 is 2.00 bits per heavy atom. The van der Waals surface area contributed by atoms with E-state index in [1.807, 2.05) is 6.92 Å². The van der Waals surface area contributed by atoms with Crippen molar-refractivity contribution in [3.63, 3.8) is 0 Å². The standard InChI is InChI=1S/C20H26N4O4/c1-12-11-23(19(27)17(25)13-5-3-6-13)9-10-24(12)18(26)14-7-4-8-15-16(14)22(2)20(28)21-15/h4,7-8,12-13,17,25H,3,5-6,9-11H2,1-2H3,(H,21,28)/t12-,17+/m1/s1. The summed E-state index contributed by atoms with van der Waals surface area (Å²) in [6.45, 7) is 3.11. The Morgan fingerprint density at radius 1 is 1.25 bits per heavy atom. The second-order valence-corrected chi connectivity index (χ2v) is 7.96. The number of hydrogen-bond acceptors (Lipinski definition) is 4. The van der Waals surface area contributed by atoms with Crippen molar-refractivity contribution in [3.05, 3.63) is 34.2 Å². The van der Waals surface area contributed by atoms with E-state index in [1.165, 1.54) is 4.57 Å². The molecule has 150 valence electrons. The number of hydrogen-bond donors (Lipinski definition) is 2. The topological polar surface area (TPSA) is 98.6 Å². The molecular weight excluding hydrogens is 360 g/mol. The van der Waals surface area contributed by atoms with Crippen LogP contribution in [0.5, 0.6) is 0 Å². The molecule has 0 spiro atoms. The number of aromatic nitrogens is 2. The number of piperazine rings is 1. The number of H-pyrrole nitrogens is 1. The van der Waals surface area contributed by atoms with Crippen LogP contribution in [0.4, 0.5) is 0 Å². The molecule has 8 heteroatoms. The first-order valence-electron chi connectivity index (χ1n) is 9.84. The third-order valence-electron chi connectivity index (χ3n) is 6.20. The SMILES string of the molecule is C[C@@H]1CN(C(=O)[C@@H](O)C2CCC2)CCN1C(=O)c1cccc2[nH]c(=O)n(C)c12. The Labute approximate surface area is 162 Å². The molecule has 2 amide bonds. The molecular formula is C20H26N4O4. The fourth-order valence-electron chi connectivity index (χ4n) is 4.24. The van der Waals surface area contributed by atoms with Crippen LogP contribution in [0, 0.1) is 5.92 Å². The molecule has 0 bridgehead atoms. The molecule has 0 unspecified atom stereocenters. The maximum absolute atomic E-state index is 13.2. The third kappa shape index (κ3) is 3.01. The molecule has 1 saturated carbocycles. The van der Waals surface area contributed by atoms with Gasteiger partial charge in [-0.05, 0) is 37.8 Å². The van der Waals surface area contributed by atoms with Gasteiger partial charge in [-0.1, -0.05) is 12.5 Å². The molecule has 2 atom stereocenters. The van der Waals surface area contributed by atoms with Crippen molar-refractivity contribution in [2.24, 2.45) is 13.0 Å². The number of rotatable bonds is 3. The van der Waals surface area contributed by atoms with Gasteiger partial charge in [-0.15, -0.1) is 0 Å². The van der Waals surface area contributed by atoms with Crippen molar-refractivity contribution in [1.29, 1.82) is 0 Å². The molecule has 0 radical (unpaired) electrons. The normalized spacial score (nSPS) is 21.6. The summed E-state index contributed by atoms with van der Waals surface area (Å²) < 4.78 is 1.45. The molecule has 1 aliphatic carbocycles. The van der Waals surface area contributed by atoms with Crippen LogP contribution in [0.2, 0.25) is 0 Å². The minimum absolute atomic E-state index is 0.0787. The van der Waals surface area contributed by atoms with Gasteiger partial charge in [0.25, 0.3) is 11.8 Å². The van der Waals surface area contributed by atoms with Crippen molar-refractivity contribution in [2.45, 2.75) is 38.3 Å². The third-order valence-corrected chi connectivity index (χ3v) is 6.20. The lowest BCUT2D eigenvalue weighted by molar-refractivity contribution is -0.147. The number of carbonyl (C=O) groups is 2. The smallest absolute Gasteiger partial charge is 0.326 e. The highest BCUT2D eigenvalue weighted by molar-refractivity contribution is 6.05. The van der Waals surface area contributed by atoms with E-state index in [1.54, 1.807) is 35.0 Å². The van der Waals surface area contributed by atoms with E-state index in [4.69, 9.17) is 0 Å². The van der Waals surface area contributed by atoms with Gasteiger partial charge in [-0.2, -0.15) is 0 Å². The zero-order valence-electron chi connectivity index (χ0n) is 16.2. The second-order valence-electron chi connectivity index (χ2n) is 7.96. The van der Waals surface area contributed by atoms with Gasteiger partial charge in [-0.25, -0.2) is 4.79 Å². The summed E-state index contributed by atoms with van der Waals surface area (Å²) in [5.74, 6) is -0.298. The van der Waals surface area contributed by atoms with Gasteiger partial charge in [0, 0.05) is 32.7 Å². The Morgan fingerprint density at radius 3 is 2.64 bits per heavy atom. The van der Waals surface area contributed by atoms with Crippen molar-refractivity contribution in [1.82, 2.24) is 19.4 Å². The molecule has 2 aliphatic rings. The van der Waals surface area contributed by atoms with Crippen LogP contribution in [-0.2, 0) is 11.8 Å². The first-order chi connectivity index (χ1) is 13.4. The van der Waals surface area contributed by atoms with E-state index < -0.39 is 6.10 Å². The number of para-hydroxylation sites is 1. The number of aromatic amines is 1. The van der Waals surface area contributed by atoms with Crippen LogP contribution in [0.3, 0.4) is 0 Å². The summed E-state index contributed by atoms with van der Waals surface area (Å²) in [6, 6.07) is 5.08. The van der Waals surface area contributed by atoms with Gasteiger partial charge in [0.2, 0.25) is 0 Å². The number of nitrogens with one attached hydrogen (secondary N) is 1. The maximum atomic E-state index is 13.2. The zero-order valence-corrected chi connectivity index (χ0v) is 16.2. The van der Waals surface area contributed by atoms with Crippen LogP contribution in [0.25, 0.3) is 11.0 Å². The number of fused-ring (bicyclic) bond motifs is 1. The molecule has 28 heavy (non-hydrogen) atoms. The molecule has 1 aromatic heterocycles. The molecule has 2 heterocycles. The van der Waals surface area contributed by atoms with E-state index in [0.29, 0.717) is 36.2 Å². The number of nitrogens with zero attached hydrogens (tertiary/aromatic N) is 3. The quantitative estimate of drug-likeness (QED) is 0.811. The van der Waals surface area contributed by atoms with E-state index in [0.717, 1.165) is 19.3 Å². The van der Waals surface area contributed by atoms with Crippen molar-refractivity contribution < 1.29 is 14.7 Å². The average Bonchev–Trinajstić information content (AvgIpc) is 2.93. The predicted octanol–water partition coefficient (Wildman–Crippen LogP) is 0.700. The van der Waals surface area contributed by atoms with Gasteiger partial charge >= 0.3 is 5.69 Å². The van der Waals surface area contributed by atoms with E-state index in [2.05, 4.69) is 4.98 Å². The highest BCUT2D eigenvalue weighted by Gasteiger charge is 2.37. The number of aryl methyl sites for hydroxylation is 1. The summed E-state index contributed by atoms with van der Waals surface area (Å²) in [7, 11) is 1.64. The molecule has 1 saturated heterocycles. The summed E-state index contributed by atoms with van der Waals surface area (Å²) in [4.78, 5) is 43.9. The number of amides is 2. The fraction of sp³-hybridized carbons (Fsp3) is 0.550. The minimum Gasteiger partial charge on any atom is -0.383 e. The van der Waals surface area contributed by atoms with E-state index in [-0.39, 0.29) is 29.5 Å². The Hall–Kier alpha value is -2.61. The summed E-state index contributed by atoms with van der Waals surface area (Å²) in [5, 5.41) is 10.3. The molecule has 8 nitrogen and oxygen atoms in total. The van der Waals surface area contributed by atoms with Gasteiger partial charge in [0.05, 0.1) is 16.6 Å². The first kappa shape index (κ1) is 18.7. The van der Waals surface area contributed by atoms with Crippen molar-refractivity contribution in [2.75, 3.05) is 19.6 Å². The summed E-state index contributed by atoms with van der Waals surface area (Å²) >= 11 is 0.